The van der Waals surface area contributed by atoms with Gasteiger partial charge >= 0.3 is 5.97 Å². The van der Waals surface area contributed by atoms with Crippen LogP contribution in [0.2, 0.25) is 0 Å². The summed E-state index contributed by atoms with van der Waals surface area (Å²) >= 11 is 0. The van der Waals surface area contributed by atoms with Crippen molar-refractivity contribution in [3.05, 3.63) is 106 Å². The van der Waals surface area contributed by atoms with E-state index in [9.17, 15) is 14.9 Å². The fourth-order valence-corrected chi connectivity index (χ4v) is 3.36. The van der Waals surface area contributed by atoms with Gasteiger partial charge in [0, 0.05) is 36.6 Å². The molecule has 0 saturated carbocycles. The maximum Gasteiger partial charge on any atom is 0.342 e. The Morgan fingerprint density at radius 2 is 1.88 bits per heavy atom. The normalized spacial score (nSPS) is 11.4. The molecule has 166 valence electrons. The summed E-state index contributed by atoms with van der Waals surface area (Å²) in [5.41, 5.74) is 2.02. The number of ether oxygens (including phenoxy) is 1. The van der Waals surface area contributed by atoms with E-state index in [0.717, 1.165) is 5.56 Å². The quantitative estimate of drug-likeness (QED) is 0.161. The molecule has 33 heavy (non-hydrogen) atoms. The van der Waals surface area contributed by atoms with Gasteiger partial charge in [-0.1, -0.05) is 30.3 Å². The predicted molar refractivity (Wildman–Crippen MR) is 123 cm³/mol. The number of furan rings is 1. The van der Waals surface area contributed by atoms with E-state index >= 15 is 0 Å². The first-order chi connectivity index (χ1) is 16.0. The number of imidazole rings is 1. The van der Waals surface area contributed by atoms with Crippen molar-refractivity contribution in [3.63, 3.8) is 0 Å². The summed E-state index contributed by atoms with van der Waals surface area (Å²) in [6, 6.07) is 19.4. The van der Waals surface area contributed by atoms with E-state index in [1.807, 2.05) is 34.9 Å². The molecule has 0 aliphatic carbocycles. The number of hydrogen-bond acceptors (Lipinski definition) is 6. The van der Waals surface area contributed by atoms with E-state index in [1.54, 1.807) is 49.7 Å². The molecule has 0 N–H and O–H groups in total. The van der Waals surface area contributed by atoms with Gasteiger partial charge in [0.15, 0.2) is 0 Å². The number of hydrogen-bond donors (Lipinski definition) is 0. The van der Waals surface area contributed by atoms with E-state index < -0.39 is 10.9 Å². The number of esters is 1. The molecule has 4 rings (SSSR count). The zero-order valence-corrected chi connectivity index (χ0v) is 17.9. The molecule has 0 radical (unpaired) electrons. The number of non-ortho nitro benzene ring substituents is 1. The molecule has 0 bridgehead atoms. The number of nitro benzene ring substituents is 1. The standard InChI is InChI=1S/C25H21N3O5/c1-2-32-25(29)22(24-26-14-15-27(24)17-18-6-4-3-5-7-18)16-21-12-13-23(33-21)19-8-10-20(11-9-19)28(30)31/h3-16H,2,17H2,1H3. The van der Waals surface area contributed by atoms with E-state index in [2.05, 4.69) is 4.98 Å². The fourth-order valence-electron chi connectivity index (χ4n) is 3.36. The summed E-state index contributed by atoms with van der Waals surface area (Å²) in [5, 5.41) is 10.9. The van der Waals surface area contributed by atoms with E-state index in [1.165, 1.54) is 12.1 Å². The Labute approximate surface area is 189 Å². The van der Waals surface area contributed by atoms with Gasteiger partial charge in [-0.3, -0.25) is 10.1 Å². The summed E-state index contributed by atoms with van der Waals surface area (Å²) in [6.07, 6.45) is 5.03. The van der Waals surface area contributed by atoms with E-state index in [0.29, 0.717) is 29.5 Å². The second-order valence-corrected chi connectivity index (χ2v) is 7.15. The summed E-state index contributed by atoms with van der Waals surface area (Å²) in [4.78, 5) is 27.6. The largest absolute Gasteiger partial charge is 0.462 e. The minimum atomic E-state index is -0.508. The van der Waals surface area contributed by atoms with Gasteiger partial charge in [0.25, 0.3) is 5.69 Å². The van der Waals surface area contributed by atoms with Gasteiger partial charge in [0.1, 0.15) is 22.9 Å². The maximum absolute atomic E-state index is 12.8. The highest BCUT2D eigenvalue weighted by molar-refractivity contribution is 6.20. The van der Waals surface area contributed by atoms with Crippen LogP contribution in [0.3, 0.4) is 0 Å². The van der Waals surface area contributed by atoms with Crippen molar-refractivity contribution in [2.75, 3.05) is 6.61 Å². The Hall–Kier alpha value is -4.46. The zero-order valence-electron chi connectivity index (χ0n) is 17.9. The minimum Gasteiger partial charge on any atom is -0.462 e. The van der Waals surface area contributed by atoms with Crippen molar-refractivity contribution >= 4 is 23.3 Å². The molecule has 0 unspecified atom stereocenters. The lowest BCUT2D eigenvalue weighted by Crippen LogP contribution is -2.12. The Morgan fingerprint density at radius 3 is 2.58 bits per heavy atom. The molecule has 0 spiro atoms. The van der Waals surface area contributed by atoms with Crippen molar-refractivity contribution in [2.24, 2.45) is 0 Å². The fraction of sp³-hybridized carbons (Fsp3) is 0.120. The van der Waals surface area contributed by atoms with Crippen molar-refractivity contribution in [2.45, 2.75) is 13.5 Å². The maximum atomic E-state index is 12.8. The molecule has 0 aliphatic heterocycles. The SMILES string of the molecule is CCOC(=O)C(=Cc1ccc(-c2ccc([N+](=O)[O-])cc2)o1)c1nccn1Cc1ccccc1. The highest BCUT2D eigenvalue weighted by Crippen LogP contribution is 2.27. The average molecular weight is 443 g/mol. The number of nitro groups is 1. The Kier molecular flexibility index (Phi) is 6.45. The van der Waals surface area contributed by atoms with Gasteiger partial charge in [-0.05, 0) is 42.8 Å². The van der Waals surface area contributed by atoms with Crippen LogP contribution in [0.15, 0.2) is 83.5 Å². The van der Waals surface area contributed by atoms with Crippen LogP contribution >= 0.6 is 0 Å². The van der Waals surface area contributed by atoms with Crippen LogP contribution in [0, 0.1) is 10.1 Å². The minimum absolute atomic E-state index is 0.000255. The van der Waals surface area contributed by atoms with Crippen molar-refractivity contribution < 1.29 is 18.9 Å². The molecule has 2 aromatic heterocycles. The number of carbonyl (C=O) groups excluding carboxylic acids is 1. The van der Waals surface area contributed by atoms with Gasteiger partial charge in [-0.15, -0.1) is 0 Å². The molecule has 8 nitrogen and oxygen atoms in total. The number of nitrogens with zero attached hydrogens (tertiary/aromatic N) is 3. The zero-order chi connectivity index (χ0) is 23.2. The second-order valence-electron chi connectivity index (χ2n) is 7.15. The van der Waals surface area contributed by atoms with Gasteiger partial charge in [0.2, 0.25) is 0 Å². The van der Waals surface area contributed by atoms with Crippen molar-refractivity contribution in [1.82, 2.24) is 9.55 Å². The van der Waals surface area contributed by atoms with E-state index in [4.69, 9.17) is 9.15 Å². The van der Waals surface area contributed by atoms with Gasteiger partial charge in [-0.2, -0.15) is 0 Å². The molecule has 2 heterocycles. The topological polar surface area (TPSA) is 100 Å². The van der Waals surface area contributed by atoms with Crippen LogP contribution in [0.4, 0.5) is 5.69 Å². The van der Waals surface area contributed by atoms with Crippen LogP contribution < -0.4 is 0 Å². The first-order valence-electron chi connectivity index (χ1n) is 10.3. The molecule has 8 heteroatoms. The van der Waals surface area contributed by atoms with Gasteiger partial charge < -0.3 is 13.7 Å². The molecule has 0 atom stereocenters. The lowest BCUT2D eigenvalue weighted by molar-refractivity contribution is -0.384. The average Bonchev–Trinajstić information content (AvgIpc) is 3.48. The first-order valence-corrected chi connectivity index (χ1v) is 10.3. The Morgan fingerprint density at radius 1 is 1.12 bits per heavy atom. The Balaban J connectivity index is 1.66. The molecule has 0 aliphatic rings. The lowest BCUT2D eigenvalue weighted by Gasteiger charge is -2.10. The highest BCUT2D eigenvalue weighted by atomic mass is 16.6. The van der Waals surface area contributed by atoms with Crippen LogP contribution in [0.25, 0.3) is 23.0 Å². The van der Waals surface area contributed by atoms with Gasteiger partial charge in [0.05, 0.1) is 11.5 Å². The first kappa shape index (κ1) is 21.8. The molecular weight excluding hydrogens is 422 g/mol. The smallest absolute Gasteiger partial charge is 0.342 e. The van der Waals surface area contributed by atoms with Crippen LogP contribution in [-0.4, -0.2) is 27.1 Å². The number of carbonyl (C=O) groups is 1. The van der Waals surface area contributed by atoms with Gasteiger partial charge in [-0.25, -0.2) is 9.78 Å². The van der Waals surface area contributed by atoms with Crippen LogP contribution in [0.5, 0.6) is 0 Å². The van der Waals surface area contributed by atoms with Crippen LogP contribution in [0.1, 0.15) is 24.1 Å². The molecule has 4 aromatic rings. The van der Waals surface area contributed by atoms with E-state index in [-0.39, 0.29) is 17.9 Å². The highest BCUT2D eigenvalue weighted by Gasteiger charge is 2.20. The summed E-state index contributed by atoms with van der Waals surface area (Å²) in [7, 11) is 0. The number of benzene rings is 2. The summed E-state index contributed by atoms with van der Waals surface area (Å²) in [5.74, 6) is 0.907. The molecule has 2 aromatic carbocycles. The monoisotopic (exact) mass is 443 g/mol. The van der Waals surface area contributed by atoms with Crippen LogP contribution in [-0.2, 0) is 16.1 Å². The van der Waals surface area contributed by atoms with Crippen molar-refractivity contribution in [1.29, 1.82) is 0 Å². The number of rotatable bonds is 8. The molecular formula is C25H21N3O5. The number of aromatic nitrogens is 2. The summed E-state index contributed by atoms with van der Waals surface area (Å²) < 4.78 is 13.0. The third kappa shape index (κ3) is 5.07. The Bertz CT molecular complexity index is 1290. The molecule has 0 fully saturated rings. The molecule has 0 amide bonds. The summed E-state index contributed by atoms with van der Waals surface area (Å²) in [6.45, 7) is 2.51. The lowest BCUT2D eigenvalue weighted by atomic mass is 10.1. The molecule has 0 saturated heterocycles. The van der Waals surface area contributed by atoms with Crippen molar-refractivity contribution in [3.8, 4) is 11.3 Å². The third-order valence-electron chi connectivity index (χ3n) is 4.92. The second kappa shape index (κ2) is 9.78. The third-order valence-corrected chi connectivity index (χ3v) is 4.92. The predicted octanol–water partition coefficient (Wildman–Crippen LogP) is 5.20.